The lowest BCUT2D eigenvalue weighted by Crippen LogP contribution is -2.69. The van der Waals surface area contributed by atoms with Crippen molar-refractivity contribution in [2.24, 2.45) is 5.41 Å². The van der Waals surface area contributed by atoms with Crippen LogP contribution in [0.3, 0.4) is 0 Å². The van der Waals surface area contributed by atoms with Gasteiger partial charge >= 0.3 is 0 Å². The lowest BCUT2D eigenvalue weighted by molar-refractivity contribution is -0.218. The molecule has 1 N–H and O–H groups in total. The van der Waals surface area contributed by atoms with Crippen molar-refractivity contribution in [3.8, 4) is 0 Å². The number of hydrogen-bond acceptors (Lipinski definition) is 6. The Labute approximate surface area is 224 Å². The molecule has 0 radical (unpaired) electrons. The number of halogens is 1. The Kier molecular flexibility index (Phi) is 6.45. The summed E-state index contributed by atoms with van der Waals surface area (Å²) in [6.45, 7) is 9.86. The van der Waals surface area contributed by atoms with Gasteiger partial charge in [-0.05, 0) is 88.6 Å². The maximum absolute atomic E-state index is 6.77. The molecule has 1 aromatic carbocycles. The molecule has 3 heterocycles. The molecule has 2 aromatic heterocycles. The second kappa shape index (κ2) is 9.51. The predicted octanol–water partition coefficient (Wildman–Crippen LogP) is 6.43. The molecule has 37 heavy (non-hydrogen) atoms. The Morgan fingerprint density at radius 1 is 1.14 bits per heavy atom. The van der Waals surface area contributed by atoms with Gasteiger partial charge < -0.3 is 15.0 Å². The van der Waals surface area contributed by atoms with Crippen LogP contribution in [-0.2, 0) is 10.3 Å². The van der Waals surface area contributed by atoms with E-state index >= 15 is 0 Å². The molecule has 7 nitrogen and oxygen atoms in total. The van der Waals surface area contributed by atoms with Crippen LogP contribution in [-0.4, -0.2) is 57.5 Å². The summed E-state index contributed by atoms with van der Waals surface area (Å²) in [5.41, 5.74) is 4.81. The molecule has 1 aliphatic heterocycles. The summed E-state index contributed by atoms with van der Waals surface area (Å²) in [6, 6.07) is 4.92. The third-order valence-corrected chi connectivity index (χ3v) is 9.72. The summed E-state index contributed by atoms with van der Waals surface area (Å²) in [6.07, 6.45) is 12.0. The molecule has 3 saturated carbocycles. The number of fused-ring (bicyclic) bond motifs is 1. The fourth-order valence-corrected chi connectivity index (χ4v) is 7.90. The first kappa shape index (κ1) is 25.1. The number of likely N-dealkylation sites (tertiary alicyclic amines) is 1. The van der Waals surface area contributed by atoms with Crippen molar-refractivity contribution in [3.05, 3.63) is 40.8 Å². The summed E-state index contributed by atoms with van der Waals surface area (Å²) in [5.74, 6) is 1.07. The molecular formula is C29H39ClN6O. The SMILES string of the molecule is CCC(CC)N1CCC(c2cc3nc(Nc4cnn(C56CC(COC)(C5)C6)c4C)ncc3cc2Cl)CC1. The van der Waals surface area contributed by atoms with Crippen LogP contribution in [0.15, 0.2) is 24.5 Å². The second-order valence-electron chi connectivity index (χ2n) is 11.8. The van der Waals surface area contributed by atoms with Crippen molar-refractivity contribution in [2.75, 3.05) is 32.1 Å². The van der Waals surface area contributed by atoms with Gasteiger partial charge in [0, 0.05) is 35.2 Å². The number of hydrogen-bond donors (Lipinski definition) is 1. The van der Waals surface area contributed by atoms with Crippen LogP contribution >= 0.6 is 11.6 Å². The van der Waals surface area contributed by atoms with Crippen LogP contribution in [0.4, 0.5) is 11.6 Å². The van der Waals surface area contributed by atoms with Crippen molar-refractivity contribution >= 4 is 34.1 Å². The minimum Gasteiger partial charge on any atom is -0.384 e. The molecule has 7 rings (SSSR count). The van der Waals surface area contributed by atoms with Gasteiger partial charge in [0.05, 0.1) is 35.2 Å². The molecule has 8 heteroatoms. The van der Waals surface area contributed by atoms with Crippen LogP contribution in [0.5, 0.6) is 0 Å². The van der Waals surface area contributed by atoms with Gasteiger partial charge in [0.25, 0.3) is 0 Å². The molecular weight excluding hydrogens is 484 g/mol. The highest BCUT2D eigenvalue weighted by Gasteiger charge is 2.69. The first-order valence-corrected chi connectivity index (χ1v) is 14.3. The van der Waals surface area contributed by atoms with Gasteiger partial charge in [0.1, 0.15) is 0 Å². The zero-order valence-corrected chi connectivity index (χ0v) is 23.3. The maximum Gasteiger partial charge on any atom is 0.227 e. The Bertz CT molecular complexity index is 1270. The molecule has 4 fully saturated rings. The van der Waals surface area contributed by atoms with Crippen molar-refractivity contribution < 1.29 is 4.74 Å². The Hall–Kier alpha value is -2.22. The number of piperidine rings is 1. The first-order chi connectivity index (χ1) is 17.9. The maximum atomic E-state index is 6.77. The average molecular weight is 523 g/mol. The van der Waals surface area contributed by atoms with E-state index in [1.54, 1.807) is 7.11 Å². The molecule has 1 saturated heterocycles. The zero-order valence-electron chi connectivity index (χ0n) is 22.6. The highest BCUT2D eigenvalue weighted by molar-refractivity contribution is 6.32. The van der Waals surface area contributed by atoms with Crippen LogP contribution < -0.4 is 5.32 Å². The standard InChI is InChI=1S/C29H39ClN6O/c1-5-22(6-2)35-9-7-20(8-10-35)23-12-25-21(11-24(23)30)13-31-27(33-25)34-26-14-32-36(19(26)3)29-15-28(16-29,17-29)18-37-4/h11-14,20,22H,5-10,15-18H2,1-4H3,(H,31,33,34). The Balaban J connectivity index is 1.18. The number of benzene rings is 1. The van der Waals surface area contributed by atoms with Crippen molar-refractivity contribution in [1.82, 2.24) is 24.6 Å². The van der Waals surface area contributed by atoms with Crippen LogP contribution in [0.1, 0.15) is 76.0 Å². The monoisotopic (exact) mass is 522 g/mol. The van der Waals surface area contributed by atoms with Crippen molar-refractivity contribution in [1.29, 1.82) is 0 Å². The molecule has 0 unspecified atom stereocenters. The van der Waals surface area contributed by atoms with E-state index in [0.29, 0.717) is 23.3 Å². The quantitative estimate of drug-likeness (QED) is 0.349. The molecule has 2 bridgehead atoms. The molecule has 3 aliphatic carbocycles. The van der Waals surface area contributed by atoms with E-state index in [1.165, 1.54) is 18.4 Å². The van der Waals surface area contributed by atoms with Gasteiger partial charge in [-0.2, -0.15) is 5.10 Å². The van der Waals surface area contributed by atoms with Gasteiger partial charge in [-0.25, -0.2) is 9.97 Å². The van der Waals surface area contributed by atoms with E-state index < -0.39 is 0 Å². The fraction of sp³-hybridized carbons (Fsp3) is 0.621. The normalized spacial score (nSPS) is 25.9. The summed E-state index contributed by atoms with van der Waals surface area (Å²) in [5, 5.41) is 9.99. The third-order valence-electron chi connectivity index (χ3n) is 9.39. The highest BCUT2D eigenvalue weighted by atomic mass is 35.5. The number of nitrogens with one attached hydrogen (secondary N) is 1. The van der Waals surface area contributed by atoms with E-state index in [0.717, 1.165) is 79.1 Å². The molecule has 4 aliphatic rings. The topological polar surface area (TPSA) is 68.1 Å². The highest BCUT2D eigenvalue weighted by Crippen LogP contribution is 2.71. The minimum atomic E-state index is 0.169. The number of rotatable bonds is 9. The number of aromatic nitrogens is 4. The van der Waals surface area contributed by atoms with E-state index in [1.807, 2.05) is 18.5 Å². The van der Waals surface area contributed by atoms with Gasteiger partial charge in [-0.3, -0.25) is 4.68 Å². The van der Waals surface area contributed by atoms with Crippen LogP contribution in [0, 0.1) is 12.3 Å². The van der Waals surface area contributed by atoms with Crippen molar-refractivity contribution in [3.63, 3.8) is 0 Å². The van der Waals surface area contributed by atoms with E-state index in [2.05, 4.69) is 46.7 Å². The van der Waals surface area contributed by atoms with Gasteiger partial charge in [-0.15, -0.1) is 0 Å². The third kappa shape index (κ3) is 4.23. The lowest BCUT2D eigenvalue weighted by Gasteiger charge is -2.70. The molecule has 0 amide bonds. The summed E-state index contributed by atoms with van der Waals surface area (Å²) < 4.78 is 7.63. The Morgan fingerprint density at radius 2 is 1.86 bits per heavy atom. The first-order valence-electron chi connectivity index (χ1n) is 13.9. The Morgan fingerprint density at radius 3 is 2.54 bits per heavy atom. The summed E-state index contributed by atoms with van der Waals surface area (Å²) >= 11 is 6.77. The van der Waals surface area contributed by atoms with Gasteiger partial charge in [0.15, 0.2) is 0 Å². The predicted molar refractivity (Wildman–Crippen MR) is 149 cm³/mol. The van der Waals surface area contributed by atoms with E-state index in [4.69, 9.17) is 26.4 Å². The summed E-state index contributed by atoms with van der Waals surface area (Å²) in [7, 11) is 1.80. The van der Waals surface area contributed by atoms with Crippen molar-refractivity contribution in [2.45, 2.75) is 83.2 Å². The zero-order chi connectivity index (χ0) is 25.8. The van der Waals surface area contributed by atoms with Crippen LogP contribution in [0.2, 0.25) is 5.02 Å². The smallest absolute Gasteiger partial charge is 0.227 e. The van der Waals surface area contributed by atoms with Crippen LogP contribution in [0.25, 0.3) is 10.9 Å². The number of methoxy groups -OCH3 is 1. The molecule has 0 atom stereocenters. The number of ether oxygens (including phenoxy) is 1. The van der Waals surface area contributed by atoms with Gasteiger partial charge in [0.2, 0.25) is 5.95 Å². The van der Waals surface area contributed by atoms with E-state index in [9.17, 15) is 0 Å². The summed E-state index contributed by atoms with van der Waals surface area (Å²) in [4.78, 5) is 12.1. The minimum absolute atomic E-state index is 0.169. The number of anilines is 2. The second-order valence-corrected chi connectivity index (χ2v) is 12.2. The molecule has 0 spiro atoms. The lowest BCUT2D eigenvalue weighted by atomic mass is 9.39. The van der Waals surface area contributed by atoms with E-state index in [-0.39, 0.29) is 5.54 Å². The molecule has 198 valence electrons. The molecule has 3 aromatic rings. The van der Waals surface area contributed by atoms with Gasteiger partial charge in [-0.1, -0.05) is 25.4 Å². The fourth-order valence-electron chi connectivity index (χ4n) is 7.57. The number of nitrogens with zero attached hydrogens (tertiary/aromatic N) is 5. The largest absolute Gasteiger partial charge is 0.384 e. The average Bonchev–Trinajstić information content (AvgIpc) is 3.21.